The van der Waals surface area contributed by atoms with Crippen LogP contribution in [0.25, 0.3) is 11.5 Å². The van der Waals surface area contributed by atoms with Crippen molar-refractivity contribution in [2.75, 3.05) is 33.1 Å². The fourth-order valence-corrected chi connectivity index (χ4v) is 2.88. The molecule has 28 heavy (non-hydrogen) atoms. The Labute approximate surface area is 163 Å². The number of halogens is 1. The molecule has 0 amide bonds. The third-order valence-corrected chi connectivity index (χ3v) is 4.42. The van der Waals surface area contributed by atoms with Crippen LogP contribution < -0.4 is 10.1 Å². The average molecular weight is 380 g/mol. The molecule has 1 aromatic heterocycles. The van der Waals surface area contributed by atoms with Gasteiger partial charge in [0, 0.05) is 6.54 Å². The van der Waals surface area contributed by atoms with Crippen molar-refractivity contribution in [3.63, 3.8) is 0 Å². The summed E-state index contributed by atoms with van der Waals surface area (Å²) in [6.45, 7) is 0.472. The Kier molecular flexibility index (Phi) is 5.92. The average Bonchev–Trinajstić information content (AvgIpc) is 3.11. The number of anilines is 1. The number of nitriles is 1. The summed E-state index contributed by atoms with van der Waals surface area (Å²) in [6.07, 6.45) is 0. The third-order valence-electron chi connectivity index (χ3n) is 4.42. The third kappa shape index (κ3) is 4.13. The molecule has 7 heteroatoms. The molecule has 1 atom stereocenters. The van der Waals surface area contributed by atoms with E-state index in [1.54, 1.807) is 25.3 Å². The number of ether oxygens (including phenoxy) is 1. The lowest BCUT2D eigenvalue weighted by atomic mass is 10.1. The van der Waals surface area contributed by atoms with Crippen LogP contribution in [-0.2, 0) is 0 Å². The van der Waals surface area contributed by atoms with Gasteiger partial charge in [-0.25, -0.2) is 4.39 Å². The molecular weight excluding hydrogens is 359 g/mol. The fraction of sp³-hybridized carbons (Fsp3) is 0.238. The quantitative estimate of drug-likeness (QED) is 0.666. The first-order valence-corrected chi connectivity index (χ1v) is 8.73. The van der Waals surface area contributed by atoms with Crippen molar-refractivity contribution >= 4 is 5.88 Å². The predicted molar refractivity (Wildman–Crippen MR) is 105 cm³/mol. The summed E-state index contributed by atoms with van der Waals surface area (Å²) in [5.74, 6) is 0.624. The highest BCUT2D eigenvalue weighted by Gasteiger charge is 2.20. The first-order valence-electron chi connectivity index (χ1n) is 8.73. The number of oxazole rings is 1. The van der Waals surface area contributed by atoms with E-state index in [0.717, 1.165) is 11.3 Å². The Balaban J connectivity index is 1.82. The zero-order valence-electron chi connectivity index (χ0n) is 15.9. The van der Waals surface area contributed by atoms with Crippen molar-refractivity contribution in [3.05, 3.63) is 65.6 Å². The van der Waals surface area contributed by atoms with Crippen LogP contribution in [0.5, 0.6) is 5.75 Å². The second-order valence-corrected chi connectivity index (χ2v) is 6.42. The van der Waals surface area contributed by atoms with Gasteiger partial charge in [0.25, 0.3) is 0 Å². The van der Waals surface area contributed by atoms with Crippen molar-refractivity contribution in [2.45, 2.75) is 6.04 Å². The Morgan fingerprint density at radius 1 is 1.21 bits per heavy atom. The molecule has 3 rings (SSSR count). The van der Waals surface area contributed by atoms with Crippen LogP contribution in [0.2, 0.25) is 0 Å². The van der Waals surface area contributed by atoms with E-state index < -0.39 is 5.82 Å². The topological polar surface area (TPSA) is 74.3 Å². The lowest BCUT2D eigenvalue weighted by Crippen LogP contribution is -2.26. The molecule has 1 heterocycles. The number of likely N-dealkylation sites (N-methyl/N-ethyl adjacent to an activating group) is 1. The van der Waals surface area contributed by atoms with Crippen molar-refractivity contribution in [1.82, 2.24) is 9.88 Å². The maximum absolute atomic E-state index is 14.0. The standard InChI is InChI=1S/C21H21FN4O2/c1-26(2)19(14-8-10-15(27-3)11-9-14)13-24-21-18(12-23)25-20(28-21)16-6-4-5-7-17(16)22/h4-11,19,24H,13H2,1-3H3/t19-/m1/s1. The van der Waals surface area contributed by atoms with Gasteiger partial charge in [0.1, 0.15) is 17.6 Å². The number of nitrogens with one attached hydrogen (secondary N) is 1. The molecule has 144 valence electrons. The highest BCUT2D eigenvalue weighted by atomic mass is 19.1. The second kappa shape index (κ2) is 8.55. The zero-order valence-corrected chi connectivity index (χ0v) is 15.9. The molecule has 0 unspecified atom stereocenters. The van der Waals surface area contributed by atoms with Crippen LogP contribution >= 0.6 is 0 Å². The van der Waals surface area contributed by atoms with E-state index in [-0.39, 0.29) is 29.1 Å². The van der Waals surface area contributed by atoms with E-state index in [1.807, 2.05) is 44.4 Å². The lowest BCUT2D eigenvalue weighted by molar-refractivity contribution is 0.310. The van der Waals surface area contributed by atoms with E-state index >= 15 is 0 Å². The van der Waals surface area contributed by atoms with Gasteiger partial charge in [-0.2, -0.15) is 10.2 Å². The highest BCUT2D eigenvalue weighted by Crippen LogP contribution is 2.28. The van der Waals surface area contributed by atoms with E-state index in [2.05, 4.69) is 15.2 Å². The molecule has 3 aromatic rings. The largest absolute Gasteiger partial charge is 0.497 e. The van der Waals surface area contributed by atoms with Crippen molar-refractivity contribution in [1.29, 1.82) is 5.26 Å². The molecule has 0 fully saturated rings. The number of rotatable bonds is 7. The van der Waals surface area contributed by atoms with Gasteiger partial charge in [0.05, 0.1) is 18.7 Å². The SMILES string of the molecule is COc1ccc([C@@H](CNc2oc(-c3ccccc3F)nc2C#N)N(C)C)cc1. The molecule has 0 saturated heterocycles. The van der Waals surface area contributed by atoms with E-state index in [9.17, 15) is 9.65 Å². The summed E-state index contributed by atoms with van der Waals surface area (Å²) >= 11 is 0. The van der Waals surface area contributed by atoms with Gasteiger partial charge in [-0.05, 0) is 43.9 Å². The van der Waals surface area contributed by atoms with Gasteiger partial charge in [0.15, 0.2) is 0 Å². The first kappa shape index (κ1) is 19.4. The minimum absolute atomic E-state index is 0.0134. The number of hydrogen-bond donors (Lipinski definition) is 1. The summed E-state index contributed by atoms with van der Waals surface area (Å²) in [4.78, 5) is 6.17. The van der Waals surface area contributed by atoms with Crippen molar-refractivity contribution in [2.24, 2.45) is 0 Å². The van der Waals surface area contributed by atoms with Crippen LogP contribution in [0.4, 0.5) is 10.3 Å². The normalized spacial score (nSPS) is 11.9. The fourth-order valence-electron chi connectivity index (χ4n) is 2.88. The van der Waals surface area contributed by atoms with E-state index in [1.165, 1.54) is 6.07 Å². The summed E-state index contributed by atoms with van der Waals surface area (Å²) in [5.41, 5.74) is 1.38. The van der Waals surface area contributed by atoms with Crippen LogP contribution in [0.15, 0.2) is 52.9 Å². The molecule has 0 bridgehead atoms. The summed E-state index contributed by atoms with van der Waals surface area (Å²) in [7, 11) is 5.56. The molecule has 0 saturated carbocycles. The number of methoxy groups -OCH3 is 1. The molecule has 0 aliphatic heterocycles. The Hall–Kier alpha value is -3.37. The smallest absolute Gasteiger partial charge is 0.233 e. The van der Waals surface area contributed by atoms with Crippen LogP contribution in [0.3, 0.4) is 0 Å². The Morgan fingerprint density at radius 3 is 2.54 bits per heavy atom. The van der Waals surface area contributed by atoms with Crippen LogP contribution in [0, 0.1) is 17.1 Å². The van der Waals surface area contributed by atoms with Crippen LogP contribution in [0.1, 0.15) is 17.3 Å². The minimum Gasteiger partial charge on any atom is -0.497 e. The molecule has 0 spiro atoms. The minimum atomic E-state index is -0.454. The zero-order chi connectivity index (χ0) is 20.1. The molecular formula is C21H21FN4O2. The monoisotopic (exact) mass is 380 g/mol. The summed E-state index contributed by atoms with van der Waals surface area (Å²) < 4.78 is 24.9. The van der Waals surface area contributed by atoms with Gasteiger partial charge < -0.3 is 19.4 Å². The summed E-state index contributed by atoms with van der Waals surface area (Å²) in [5, 5.41) is 12.5. The van der Waals surface area contributed by atoms with Crippen LogP contribution in [-0.4, -0.2) is 37.6 Å². The predicted octanol–water partition coefficient (Wildman–Crippen LogP) is 4.08. The van der Waals surface area contributed by atoms with Gasteiger partial charge in [0.2, 0.25) is 17.5 Å². The highest BCUT2D eigenvalue weighted by molar-refractivity contribution is 5.59. The number of nitrogens with zero attached hydrogens (tertiary/aromatic N) is 3. The number of benzene rings is 2. The van der Waals surface area contributed by atoms with E-state index in [4.69, 9.17) is 9.15 Å². The lowest BCUT2D eigenvalue weighted by Gasteiger charge is -2.25. The van der Waals surface area contributed by atoms with Gasteiger partial charge in [-0.15, -0.1) is 0 Å². The van der Waals surface area contributed by atoms with Gasteiger partial charge in [-0.1, -0.05) is 24.3 Å². The van der Waals surface area contributed by atoms with E-state index in [0.29, 0.717) is 6.54 Å². The molecule has 0 aliphatic carbocycles. The van der Waals surface area contributed by atoms with Gasteiger partial charge in [-0.3, -0.25) is 0 Å². The molecule has 2 aromatic carbocycles. The first-order chi connectivity index (χ1) is 13.5. The molecule has 0 radical (unpaired) electrons. The number of hydrogen-bond acceptors (Lipinski definition) is 6. The summed E-state index contributed by atoms with van der Waals surface area (Å²) in [6, 6.07) is 15.9. The molecule has 0 aliphatic rings. The molecule has 6 nitrogen and oxygen atoms in total. The maximum atomic E-state index is 14.0. The number of aromatic nitrogens is 1. The van der Waals surface area contributed by atoms with Crippen molar-refractivity contribution < 1.29 is 13.5 Å². The van der Waals surface area contributed by atoms with Crippen molar-refractivity contribution in [3.8, 4) is 23.3 Å². The second-order valence-electron chi connectivity index (χ2n) is 6.42. The molecule has 1 N–H and O–H groups in total. The van der Waals surface area contributed by atoms with Gasteiger partial charge >= 0.3 is 0 Å². The Bertz CT molecular complexity index is 977. The Morgan fingerprint density at radius 2 is 1.93 bits per heavy atom. The maximum Gasteiger partial charge on any atom is 0.233 e.